The lowest BCUT2D eigenvalue weighted by atomic mass is 9.92. The van der Waals surface area contributed by atoms with E-state index in [9.17, 15) is 4.79 Å². The number of likely N-dealkylation sites (tertiary alicyclic amines) is 1. The maximum Gasteiger partial charge on any atom is 0.270 e. The minimum Gasteiger partial charge on any atom is -0.375 e. The average Bonchev–Trinajstić information content (AvgIpc) is 3.12. The molecule has 0 aliphatic carbocycles. The van der Waals surface area contributed by atoms with Crippen LogP contribution in [0.15, 0.2) is 12.1 Å². The number of aromatic nitrogens is 1. The second kappa shape index (κ2) is 6.17. The third-order valence-electron chi connectivity index (χ3n) is 6.21. The Morgan fingerprint density at radius 3 is 2.56 bits per heavy atom. The zero-order chi connectivity index (χ0) is 17.6. The fourth-order valence-electron chi connectivity index (χ4n) is 4.69. The highest BCUT2D eigenvalue weighted by atomic mass is 16.5. The Balaban J connectivity index is 1.63. The van der Waals surface area contributed by atoms with Gasteiger partial charge in [-0.3, -0.25) is 4.79 Å². The molecule has 2 aliphatic rings. The molecule has 0 radical (unpaired) electrons. The number of carbonyl (C=O) groups excluding carboxylic acids is 1. The van der Waals surface area contributed by atoms with E-state index in [0.717, 1.165) is 68.6 Å². The standard InChI is InChI=1S/C21H28N2O2/c1-14-6-7-15(2)18-17(14)16(3)19(22-18)20(24)23-11-4-8-21(10-12-23)9-5-13-25-21/h6-7,22H,4-5,8-13H2,1-3H3/t21-/m0/s1. The van der Waals surface area contributed by atoms with Gasteiger partial charge in [0.2, 0.25) is 0 Å². The van der Waals surface area contributed by atoms with Gasteiger partial charge in [-0.05, 0) is 69.6 Å². The fraction of sp³-hybridized carbons (Fsp3) is 0.571. The predicted octanol–water partition coefficient (Wildman–Crippen LogP) is 4.27. The summed E-state index contributed by atoms with van der Waals surface area (Å²) in [6.07, 6.45) is 5.40. The van der Waals surface area contributed by atoms with Crippen LogP contribution in [0.1, 0.15) is 59.3 Å². The molecule has 25 heavy (non-hydrogen) atoms. The zero-order valence-corrected chi connectivity index (χ0v) is 15.6. The van der Waals surface area contributed by atoms with Gasteiger partial charge in [0, 0.05) is 30.6 Å². The minimum absolute atomic E-state index is 0.0394. The highest BCUT2D eigenvalue weighted by molar-refractivity contribution is 6.02. The number of carbonyl (C=O) groups is 1. The first-order chi connectivity index (χ1) is 12.0. The zero-order valence-electron chi connectivity index (χ0n) is 15.6. The van der Waals surface area contributed by atoms with Crippen LogP contribution < -0.4 is 0 Å². The largest absolute Gasteiger partial charge is 0.375 e. The quantitative estimate of drug-likeness (QED) is 0.843. The van der Waals surface area contributed by atoms with Crippen molar-refractivity contribution in [3.63, 3.8) is 0 Å². The van der Waals surface area contributed by atoms with Crippen LogP contribution in [-0.4, -0.2) is 41.1 Å². The van der Waals surface area contributed by atoms with Gasteiger partial charge >= 0.3 is 0 Å². The number of aromatic amines is 1. The molecule has 1 aromatic heterocycles. The molecule has 2 aliphatic heterocycles. The smallest absolute Gasteiger partial charge is 0.270 e. The number of nitrogens with zero attached hydrogens (tertiary/aromatic N) is 1. The van der Waals surface area contributed by atoms with Crippen molar-refractivity contribution in [3.05, 3.63) is 34.5 Å². The van der Waals surface area contributed by atoms with E-state index in [1.165, 1.54) is 16.5 Å². The Morgan fingerprint density at radius 1 is 1.08 bits per heavy atom. The summed E-state index contributed by atoms with van der Waals surface area (Å²) >= 11 is 0. The lowest BCUT2D eigenvalue weighted by molar-refractivity contribution is -0.00692. The molecule has 2 saturated heterocycles. The Morgan fingerprint density at radius 2 is 1.84 bits per heavy atom. The summed E-state index contributed by atoms with van der Waals surface area (Å²) in [7, 11) is 0. The highest BCUT2D eigenvalue weighted by Gasteiger charge is 2.37. The van der Waals surface area contributed by atoms with Gasteiger partial charge in [-0.1, -0.05) is 12.1 Å². The first-order valence-electron chi connectivity index (χ1n) is 9.52. The summed E-state index contributed by atoms with van der Waals surface area (Å²) in [5.41, 5.74) is 5.40. The van der Waals surface area contributed by atoms with E-state index in [0.29, 0.717) is 0 Å². The molecule has 1 atom stereocenters. The summed E-state index contributed by atoms with van der Waals surface area (Å²) in [4.78, 5) is 18.7. The third kappa shape index (κ3) is 2.77. The van der Waals surface area contributed by atoms with Gasteiger partial charge in [-0.25, -0.2) is 0 Å². The van der Waals surface area contributed by atoms with Gasteiger partial charge in [-0.2, -0.15) is 0 Å². The second-order valence-corrected chi connectivity index (χ2v) is 7.86. The maximum atomic E-state index is 13.2. The lowest BCUT2D eigenvalue weighted by Crippen LogP contribution is -2.34. The predicted molar refractivity (Wildman–Crippen MR) is 100 cm³/mol. The van der Waals surface area contributed by atoms with Gasteiger partial charge in [-0.15, -0.1) is 0 Å². The molecule has 4 nitrogen and oxygen atoms in total. The maximum absolute atomic E-state index is 13.2. The molecule has 0 unspecified atom stereocenters. The van der Waals surface area contributed by atoms with Crippen molar-refractivity contribution >= 4 is 16.8 Å². The van der Waals surface area contributed by atoms with Crippen molar-refractivity contribution in [1.29, 1.82) is 0 Å². The SMILES string of the molecule is Cc1ccc(C)c2c(C)c(C(=O)N3CCC[C@]4(CCCO4)CC3)[nH]c12. The molecule has 2 fully saturated rings. The number of amides is 1. The van der Waals surface area contributed by atoms with Gasteiger partial charge < -0.3 is 14.6 Å². The van der Waals surface area contributed by atoms with Crippen LogP contribution in [0.4, 0.5) is 0 Å². The summed E-state index contributed by atoms with van der Waals surface area (Å²) in [6, 6.07) is 4.26. The highest BCUT2D eigenvalue weighted by Crippen LogP contribution is 2.36. The minimum atomic E-state index is 0.0394. The van der Waals surface area contributed by atoms with Crippen LogP contribution in [0.2, 0.25) is 0 Å². The third-order valence-corrected chi connectivity index (χ3v) is 6.21. The second-order valence-electron chi connectivity index (χ2n) is 7.86. The van der Waals surface area contributed by atoms with Gasteiger partial charge in [0.15, 0.2) is 0 Å². The Hall–Kier alpha value is -1.81. The number of hydrogen-bond donors (Lipinski definition) is 1. The van der Waals surface area contributed by atoms with Crippen molar-refractivity contribution < 1.29 is 9.53 Å². The number of fused-ring (bicyclic) bond motifs is 1. The van der Waals surface area contributed by atoms with Crippen LogP contribution in [0.25, 0.3) is 10.9 Å². The molecule has 0 bridgehead atoms. The monoisotopic (exact) mass is 340 g/mol. The molecular weight excluding hydrogens is 312 g/mol. The van der Waals surface area contributed by atoms with Gasteiger partial charge in [0.05, 0.1) is 5.60 Å². The first-order valence-corrected chi connectivity index (χ1v) is 9.52. The molecule has 3 heterocycles. The van der Waals surface area contributed by atoms with Crippen molar-refractivity contribution in [2.45, 2.75) is 58.5 Å². The Kier molecular flexibility index (Phi) is 4.11. The van der Waals surface area contributed by atoms with Gasteiger partial charge in [0.25, 0.3) is 5.91 Å². The van der Waals surface area contributed by atoms with Gasteiger partial charge in [0.1, 0.15) is 5.69 Å². The summed E-state index contributed by atoms with van der Waals surface area (Å²) < 4.78 is 6.05. The van der Waals surface area contributed by atoms with Crippen LogP contribution in [0.5, 0.6) is 0 Å². The normalized spacial score (nSPS) is 24.2. The number of nitrogens with one attached hydrogen (secondary N) is 1. The number of rotatable bonds is 1. The molecule has 0 saturated carbocycles. The Labute approximate surface area is 149 Å². The van der Waals surface area contributed by atoms with Crippen LogP contribution in [-0.2, 0) is 4.74 Å². The van der Waals surface area contributed by atoms with E-state index in [-0.39, 0.29) is 11.5 Å². The fourth-order valence-corrected chi connectivity index (χ4v) is 4.69. The summed E-state index contributed by atoms with van der Waals surface area (Å²) in [5.74, 6) is 0.141. The molecule has 1 N–H and O–H groups in total. The van der Waals surface area contributed by atoms with Crippen LogP contribution in [0, 0.1) is 20.8 Å². The number of H-pyrrole nitrogens is 1. The van der Waals surface area contributed by atoms with Crippen LogP contribution >= 0.6 is 0 Å². The van der Waals surface area contributed by atoms with E-state index in [1.807, 2.05) is 4.90 Å². The number of benzene rings is 1. The van der Waals surface area contributed by atoms with Crippen molar-refractivity contribution in [2.24, 2.45) is 0 Å². The molecular formula is C21H28N2O2. The van der Waals surface area contributed by atoms with Crippen LogP contribution in [0.3, 0.4) is 0 Å². The van der Waals surface area contributed by atoms with Crippen molar-refractivity contribution in [1.82, 2.24) is 9.88 Å². The molecule has 2 aromatic rings. The average molecular weight is 340 g/mol. The lowest BCUT2D eigenvalue weighted by Gasteiger charge is -2.26. The number of hydrogen-bond acceptors (Lipinski definition) is 2. The molecule has 1 spiro atoms. The van der Waals surface area contributed by atoms with E-state index in [4.69, 9.17) is 4.74 Å². The molecule has 134 valence electrons. The molecule has 1 aromatic carbocycles. The Bertz CT molecular complexity index is 815. The first kappa shape index (κ1) is 16.6. The van der Waals surface area contributed by atoms with E-state index >= 15 is 0 Å². The number of ether oxygens (including phenoxy) is 1. The summed E-state index contributed by atoms with van der Waals surface area (Å²) in [5, 5.41) is 1.20. The summed E-state index contributed by atoms with van der Waals surface area (Å²) in [6.45, 7) is 8.79. The number of aryl methyl sites for hydroxylation is 3. The molecule has 4 heteroatoms. The van der Waals surface area contributed by atoms with E-state index in [2.05, 4.69) is 37.9 Å². The molecule has 4 rings (SSSR count). The topological polar surface area (TPSA) is 45.3 Å². The van der Waals surface area contributed by atoms with E-state index < -0.39 is 0 Å². The van der Waals surface area contributed by atoms with E-state index in [1.54, 1.807) is 0 Å². The van der Waals surface area contributed by atoms with Crippen molar-refractivity contribution in [3.8, 4) is 0 Å². The van der Waals surface area contributed by atoms with Crippen molar-refractivity contribution in [2.75, 3.05) is 19.7 Å². The molecule has 1 amide bonds.